The highest BCUT2D eigenvalue weighted by molar-refractivity contribution is 5.83. The van der Waals surface area contributed by atoms with Crippen molar-refractivity contribution in [2.45, 2.75) is 69.7 Å². The van der Waals surface area contributed by atoms with Crippen molar-refractivity contribution in [3.05, 3.63) is 0 Å². The molecule has 2 saturated heterocycles. The van der Waals surface area contributed by atoms with Crippen LogP contribution in [-0.4, -0.2) is 73.6 Å². The van der Waals surface area contributed by atoms with E-state index in [0.717, 1.165) is 6.54 Å². The summed E-state index contributed by atoms with van der Waals surface area (Å²) in [5.74, 6) is 0.196. The van der Waals surface area contributed by atoms with Crippen molar-refractivity contribution in [1.82, 2.24) is 15.1 Å². The summed E-state index contributed by atoms with van der Waals surface area (Å²) in [4.78, 5) is 29.4. The number of nitrogens with zero attached hydrogens (tertiary/aromatic N) is 2. The molecule has 0 bridgehead atoms. The van der Waals surface area contributed by atoms with E-state index in [-0.39, 0.29) is 23.3 Å². The van der Waals surface area contributed by atoms with Crippen molar-refractivity contribution >= 4 is 11.8 Å². The number of carbonyl (C=O) groups excluding carboxylic acids is 2. The van der Waals surface area contributed by atoms with E-state index >= 15 is 0 Å². The number of likely N-dealkylation sites (tertiary alicyclic amines) is 2. The Labute approximate surface area is 164 Å². The van der Waals surface area contributed by atoms with Crippen molar-refractivity contribution in [2.24, 2.45) is 5.92 Å². The molecule has 2 amide bonds. The van der Waals surface area contributed by atoms with Gasteiger partial charge in [0, 0.05) is 38.7 Å². The Hall–Kier alpha value is -1.14. The molecule has 0 radical (unpaired) electrons. The zero-order valence-electron chi connectivity index (χ0n) is 17.0. The number of hydrogen-bond donors (Lipinski definition) is 1. The monoisotopic (exact) mass is 379 g/mol. The molecule has 3 fully saturated rings. The normalized spacial score (nSPS) is 26.8. The van der Waals surface area contributed by atoms with Gasteiger partial charge in [0.1, 0.15) is 0 Å². The maximum atomic E-state index is 12.9. The van der Waals surface area contributed by atoms with Gasteiger partial charge < -0.3 is 15.0 Å². The Morgan fingerprint density at radius 3 is 2.56 bits per heavy atom. The first-order valence-corrected chi connectivity index (χ1v) is 10.9. The molecule has 3 rings (SSSR count). The van der Waals surface area contributed by atoms with Crippen molar-refractivity contribution in [3.63, 3.8) is 0 Å². The molecule has 3 aliphatic rings. The van der Waals surface area contributed by atoms with Crippen molar-refractivity contribution in [2.75, 3.05) is 46.4 Å². The summed E-state index contributed by atoms with van der Waals surface area (Å²) in [6, 6.07) is 0. The molecular weight excluding hydrogens is 342 g/mol. The van der Waals surface area contributed by atoms with Gasteiger partial charge >= 0.3 is 0 Å². The van der Waals surface area contributed by atoms with Gasteiger partial charge in [0.2, 0.25) is 11.8 Å². The number of carbonyl (C=O) groups is 2. The molecule has 0 aromatic rings. The molecule has 1 saturated carbocycles. The summed E-state index contributed by atoms with van der Waals surface area (Å²) in [7, 11) is 1.64. The van der Waals surface area contributed by atoms with Gasteiger partial charge in [-0.1, -0.05) is 25.7 Å². The second-order valence-electron chi connectivity index (χ2n) is 8.62. The zero-order valence-corrected chi connectivity index (χ0v) is 17.0. The minimum absolute atomic E-state index is 0.0819. The molecule has 1 atom stereocenters. The zero-order chi connectivity index (χ0) is 19.1. The summed E-state index contributed by atoms with van der Waals surface area (Å²) < 4.78 is 5.10. The fraction of sp³-hybridized carbons (Fsp3) is 0.905. The molecule has 2 aliphatic heterocycles. The van der Waals surface area contributed by atoms with E-state index in [0.29, 0.717) is 32.5 Å². The fourth-order valence-electron chi connectivity index (χ4n) is 5.13. The average Bonchev–Trinajstić information content (AvgIpc) is 2.73. The molecule has 154 valence electrons. The highest BCUT2D eigenvalue weighted by Crippen LogP contribution is 2.35. The van der Waals surface area contributed by atoms with Crippen LogP contribution in [-0.2, 0) is 14.3 Å². The third kappa shape index (κ3) is 5.23. The number of piperidine rings is 2. The first-order valence-electron chi connectivity index (χ1n) is 10.9. The van der Waals surface area contributed by atoms with E-state index < -0.39 is 0 Å². The van der Waals surface area contributed by atoms with Gasteiger partial charge in [-0.15, -0.1) is 0 Å². The highest BCUT2D eigenvalue weighted by Gasteiger charge is 2.39. The third-order valence-electron chi connectivity index (χ3n) is 6.84. The smallest absolute Gasteiger partial charge is 0.224 e. The van der Waals surface area contributed by atoms with Gasteiger partial charge in [0.05, 0.1) is 12.5 Å². The Morgan fingerprint density at radius 1 is 1.15 bits per heavy atom. The number of rotatable bonds is 7. The molecule has 6 nitrogen and oxygen atoms in total. The average molecular weight is 380 g/mol. The lowest BCUT2D eigenvalue weighted by molar-refractivity contribution is -0.139. The standard InChI is InChI=1S/C21H37N3O3/c1-27-15-14-23-16-18(8-9-19(23)25)20(26)22-17-21(10-4-2-5-11-21)24-12-6-3-7-13-24/h18H,2-17H2,1H3,(H,22,26)/t18-/m0/s1. The van der Waals surface area contributed by atoms with Gasteiger partial charge in [0.25, 0.3) is 0 Å². The van der Waals surface area contributed by atoms with Crippen molar-refractivity contribution in [1.29, 1.82) is 0 Å². The quantitative estimate of drug-likeness (QED) is 0.736. The molecule has 6 heteroatoms. The molecule has 1 aliphatic carbocycles. The summed E-state index contributed by atoms with van der Waals surface area (Å²) in [6.45, 7) is 4.77. The molecule has 0 aromatic carbocycles. The highest BCUT2D eigenvalue weighted by atomic mass is 16.5. The van der Waals surface area contributed by atoms with Gasteiger partial charge in [-0.3, -0.25) is 14.5 Å². The van der Waals surface area contributed by atoms with Crippen LogP contribution in [0.2, 0.25) is 0 Å². The minimum Gasteiger partial charge on any atom is -0.383 e. The lowest BCUT2D eigenvalue weighted by Crippen LogP contribution is -2.59. The molecule has 27 heavy (non-hydrogen) atoms. The van der Waals surface area contributed by atoms with Crippen molar-refractivity contribution in [3.8, 4) is 0 Å². The second kappa shape index (κ2) is 9.87. The summed E-state index contributed by atoms with van der Waals surface area (Å²) >= 11 is 0. The second-order valence-corrected chi connectivity index (χ2v) is 8.62. The van der Waals surface area contributed by atoms with Gasteiger partial charge in [-0.05, 0) is 45.2 Å². The van der Waals surface area contributed by atoms with Gasteiger partial charge in [-0.25, -0.2) is 0 Å². The minimum atomic E-state index is -0.0819. The van der Waals surface area contributed by atoms with E-state index in [2.05, 4.69) is 10.2 Å². The largest absolute Gasteiger partial charge is 0.383 e. The number of methoxy groups -OCH3 is 1. The van der Waals surface area contributed by atoms with E-state index in [4.69, 9.17) is 4.74 Å². The maximum absolute atomic E-state index is 12.9. The molecule has 0 spiro atoms. The van der Waals surface area contributed by atoms with Crippen molar-refractivity contribution < 1.29 is 14.3 Å². The molecule has 0 aromatic heterocycles. The number of hydrogen-bond acceptors (Lipinski definition) is 4. The maximum Gasteiger partial charge on any atom is 0.224 e. The van der Waals surface area contributed by atoms with Crippen LogP contribution >= 0.6 is 0 Å². The predicted octanol–water partition coefficient (Wildman–Crippen LogP) is 2.18. The van der Waals surface area contributed by atoms with Crippen LogP contribution in [0, 0.1) is 5.92 Å². The van der Waals surface area contributed by atoms with E-state index in [1.165, 1.54) is 64.5 Å². The Balaban J connectivity index is 1.56. The van der Waals surface area contributed by atoms with Crippen LogP contribution in [0.3, 0.4) is 0 Å². The van der Waals surface area contributed by atoms with Crippen LogP contribution in [0.4, 0.5) is 0 Å². The SMILES string of the molecule is COCCN1C[C@@H](C(=O)NCC2(N3CCCCC3)CCCCC2)CCC1=O. The Morgan fingerprint density at radius 2 is 1.85 bits per heavy atom. The lowest BCUT2D eigenvalue weighted by Gasteiger charge is -2.48. The molecule has 2 heterocycles. The summed E-state index contributed by atoms with van der Waals surface area (Å²) in [6.07, 6.45) is 11.3. The Kier molecular flexibility index (Phi) is 7.53. The van der Waals surface area contributed by atoms with Crippen LogP contribution in [0.1, 0.15) is 64.2 Å². The summed E-state index contributed by atoms with van der Waals surface area (Å²) in [5.41, 5.74) is 0.161. The fourth-order valence-corrected chi connectivity index (χ4v) is 5.13. The molecule has 0 unspecified atom stereocenters. The van der Waals surface area contributed by atoms with Crippen LogP contribution < -0.4 is 5.32 Å². The van der Waals surface area contributed by atoms with Gasteiger partial charge in [0.15, 0.2) is 0 Å². The Bertz CT molecular complexity index is 499. The van der Waals surface area contributed by atoms with E-state index in [1.54, 1.807) is 12.0 Å². The molecule has 1 N–H and O–H groups in total. The first kappa shape index (κ1) is 20.6. The van der Waals surface area contributed by atoms with Crippen LogP contribution in [0.15, 0.2) is 0 Å². The number of ether oxygens (including phenoxy) is 1. The van der Waals surface area contributed by atoms with Crippen LogP contribution in [0.5, 0.6) is 0 Å². The number of amides is 2. The van der Waals surface area contributed by atoms with Crippen LogP contribution in [0.25, 0.3) is 0 Å². The summed E-state index contributed by atoms with van der Waals surface area (Å²) in [5, 5.41) is 3.30. The predicted molar refractivity (Wildman–Crippen MR) is 105 cm³/mol. The number of nitrogens with one attached hydrogen (secondary N) is 1. The van der Waals surface area contributed by atoms with Gasteiger partial charge in [-0.2, -0.15) is 0 Å². The van der Waals surface area contributed by atoms with E-state index in [1.807, 2.05) is 0 Å². The topological polar surface area (TPSA) is 61.9 Å². The third-order valence-corrected chi connectivity index (χ3v) is 6.84. The lowest BCUT2D eigenvalue weighted by atomic mass is 9.79. The first-order chi connectivity index (χ1) is 13.1. The molecular formula is C21H37N3O3. The van der Waals surface area contributed by atoms with E-state index in [9.17, 15) is 9.59 Å².